The van der Waals surface area contributed by atoms with E-state index in [9.17, 15) is 29.4 Å². The van der Waals surface area contributed by atoms with E-state index in [1.807, 2.05) is 0 Å². The second-order valence-corrected chi connectivity index (χ2v) is 5.82. The Kier molecular flexibility index (Phi) is 10.1. The summed E-state index contributed by atoms with van der Waals surface area (Å²) in [7, 11) is 0. The molecule has 0 saturated heterocycles. The van der Waals surface area contributed by atoms with Crippen LogP contribution in [0.3, 0.4) is 0 Å². The lowest BCUT2D eigenvalue weighted by molar-refractivity contribution is -0.171. The summed E-state index contributed by atoms with van der Waals surface area (Å²) >= 11 is 0. The standard InChI is InChI=1S/C18H26O7/c1-5-7-9-13(15(19)20)11(3)17(23)25-18(24)12(4)14(16(21)22)10-8-6-2/h5-8,11-14H,9-10H2,1-4H3,(H,19,20)(H,21,22)/b7-5+,8-6+. The predicted octanol–water partition coefficient (Wildman–Crippen LogP) is 2.66. The van der Waals surface area contributed by atoms with E-state index >= 15 is 0 Å². The molecule has 0 heterocycles. The zero-order valence-electron chi connectivity index (χ0n) is 15.0. The Morgan fingerprint density at radius 3 is 1.36 bits per heavy atom. The number of carbonyl (C=O) groups is 4. The van der Waals surface area contributed by atoms with Gasteiger partial charge in [0.05, 0.1) is 23.7 Å². The zero-order valence-corrected chi connectivity index (χ0v) is 15.0. The Morgan fingerprint density at radius 2 is 1.12 bits per heavy atom. The Balaban J connectivity index is 5.03. The molecule has 0 radical (unpaired) electrons. The first kappa shape index (κ1) is 22.6. The first-order valence-electron chi connectivity index (χ1n) is 8.10. The van der Waals surface area contributed by atoms with E-state index in [1.165, 1.54) is 13.8 Å². The molecule has 0 aliphatic heterocycles. The van der Waals surface area contributed by atoms with Gasteiger partial charge in [0.1, 0.15) is 0 Å². The highest BCUT2D eigenvalue weighted by Crippen LogP contribution is 2.22. The SMILES string of the molecule is C/C=C/CC(C(=O)O)C(C)C(=O)OC(=O)C(C)C(C/C=C/C)C(=O)O. The van der Waals surface area contributed by atoms with Gasteiger partial charge in [0, 0.05) is 0 Å². The Bertz CT molecular complexity index is 500. The summed E-state index contributed by atoms with van der Waals surface area (Å²) < 4.78 is 4.74. The molecule has 0 spiro atoms. The third-order valence-electron chi connectivity index (χ3n) is 4.04. The van der Waals surface area contributed by atoms with Crippen LogP contribution in [0.1, 0.15) is 40.5 Å². The molecule has 0 amide bonds. The van der Waals surface area contributed by atoms with Crippen molar-refractivity contribution in [1.82, 2.24) is 0 Å². The smallest absolute Gasteiger partial charge is 0.317 e. The summed E-state index contributed by atoms with van der Waals surface area (Å²) in [6.07, 6.45) is 6.82. The fourth-order valence-corrected chi connectivity index (χ4v) is 2.22. The topological polar surface area (TPSA) is 118 Å². The van der Waals surface area contributed by atoms with Crippen molar-refractivity contribution in [2.24, 2.45) is 23.7 Å². The summed E-state index contributed by atoms with van der Waals surface area (Å²) in [5, 5.41) is 18.4. The van der Waals surface area contributed by atoms with E-state index in [-0.39, 0.29) is 12.8 Å². The quantitative estimate of drug-likeness (QED) is 0.352. The molecular weight excluding hydrogens is 328 g/mol. The van der Waals surface area contributed by atoms with Gasteiger partial charge >= 0.3 is 23.9 Å². The van der Waals surface area contributed by atoms with Crippen LogP contribution in [0.25, 0.3) is 0 Å². The van der Waals surface area contributed by atoms with Crippen molar-refractivity contribution in [2.75, 3.05) is 0 Å². The van der Waals surface area contributed by atoms with E-state index in [0.29, 0.717) is 0 Å². The Morgan fingerprint density at radius 1 is 0.800 bits per heavy atom. The molecule has 0 aliphatic rings. The van der Waals surface area contributed by atoms with Crippen LogP contribution in [-0.4, -0.2) is 34.1 Å². The number of allylic oxidation sites excluding steroid dienone is 4. The average Bonchev–Trinajstić information content (AvgIpc) is 2.54. The van der Waals surface area contributed by atoms with Crippen molar-refractivity contribution in [3.05, 3.63) is 24.3 Å². The predicted molar refractivity (Wildman–Crippen MR) is 90.5 cm³/mol. The van der Waals surface area contributed by atoms with Crippen LogP contribution in [0, 0.1) is 23.7 Å². The minimum Gasteiger partial charge on any atom is -0.481 e. The molecule has 140 valence electrons. The summed E-state index contributed by atoms with van der Waals surface area (Å²) in [6, 6.07) is 0. The van der Waals surface area contributed by atoms with Gasteiger partial charge in [-0.05, 0) is 26.7 Å². The van der Waals surface area contributed by atoms with Crippen LogP contribution < -0.4 is 0 Å². The monoisotopic (exact) mass is 354 g/mol. The highest BCUT2D eigenvalue weighted by Gasteiger charge is 2.35. The molecule has 0 aromatic rings. The van der Waals surface area contributed by atoms with Gasteiger partial charge in [-0.3, -0.25) is 19.2 Å². The molecule has 4 unspecified atom stereocenters. The lowest BCUT2D eigenvalue weighted by Crippen LogP contribution is -2.34. The second kappa shape index (κ2) is 11.2. The van der Waals surface area contributed by atoms with E-state index in [1.54, 1.807) is 38.2 Å². The molecule has 0 aromatic carbocycles. The van der Waals surface area contributed by atoms with Gasteiger partial charge in [0.2, 0.25) is 0 Å². The maximum Gasteiger partial charge on any atom is 0.317 e. The minimum absolute atomic E-state index is 0.130. The number of carboxylic acids is 2. The summed E-state index contributed by atoms with van der Waals surface area (Å²) in [5.41, 5.74) is 0. The average molecular weight is 354 g/mol. The van der Waals surface area contributed by atoms with Gasteiger partial charge in [-0.25, -0.2) is 0 Å². The van der Waals surface area contributed by atoms with Gasteiger partial charge in [-0.2, -0.15) is 0 Å². The van der Waals surface area contributed by atoms with Crippen LogP contribution in [0.2, 0.25) is 0 Å². The number of ether oxygens (including phenoxy) is 1. The third-order valence-corrected chi connectivity index (χ3v) is 4.04. The lowest BCUT2D eigenvalue weighted by Gasteiger charge is -2.20. The number of hydrogen-bond donors (Lipinski definition) is 2. The van der Waals surface area contributed by atoms with Gasteiger partial charge in [0.15, 0.2) is 0 Å². The van der Waals surface area contributed by atoms with Crippen molar-refractivity contribution in [3.63, 3.8) is 0 Å². The Labute approximate surface area is 147 Å². The van der Waals surface area contributed by atoms with Gasteiger partial charge in [-0.15, -0.1) is 0 Å². The number of rotatable bonds is 10. The van der Waals surface area contributed by atoms with E-state index in [2.05, 4.69) is 0 Å². The summed E-state index contributed by atoms with van der Waals surface area (Å²) in [4.78, 5) is 46.7. The molecule has 0 aliphatic carbocycles. The maximum atomic E-state index is 12.1. The van der Waals surface area contributed by atoms with Gasteiger partial charge in [0.25, 0.3) is 0 Å². The molecule has 0 aromatic heterocycles. The maximum absolute atomic E-state index is 12.1. The van der Waals surface area contributed by atoms with Crippen LogP contribution in [-0.2, 0) is 23.9 Å². The molecule has 0 fully saturated rings. The summed E-state index contributed by atoms with van der Waals surface area (Å²) in [6.45, 7) is 6.20. The molecule has 0 saturated carbocycles. The van der Waals surface area contributed by atoms with Crippen molar-refractivity contribution in [3.8, 4) is 0 Å². The normalized spacial score (nSPS) is 16.3. The number of carboxylic acid groups (broad SMARTS) is 2. The number of esters is 2. The molecular formula is C18H26O7. The highest BCUT2D eigenvalue weighted by atomic mass is 16.6. The minimum atomic E-state index is -1.17. The molecule has 25 heavy (non-hydrogen) atoms. The Hall–Kier alpha value is -2.44. The molecule has 4 atom stereocenters. The molecule has 2 N–H and O–H groups in total. The molecule has 7 nitrogen and oxygen atoms in total. The van der Waals surface area contributed by atoms with Crippen molar-refractivity contribution in [2.45, 2.75) is 40.5 Å². The first-order valence-corrected chi connectivity index (χ1v) is 8.10. The molecule has 0 bridgehead atoms. The lowest BCUT2D eigenvalue weighted by atomic mass is 9.90. The van der Waals surface area contributed by atoms with E-state index in [0.717, 1.165) is 0 Å². The molecule has 0 rings (SSSR count). The third kappa shape index (κ3) is 7.32. The second-order valence-electron chi connectivity index (χ2n) is 5.82. The summed E-state index contributed by atoms with van der Waals surface area (Å²) in [5.74, 6) is -8.39. The van der Waals surface area contributed by atoms with Crippen LogP contribution >= 0.6 is 0 Å². The fourth-order valence-electron chi connectivity index (χ4n) is 2.22. The van der Waals surface area contributed by atoms with E-state index < -0.39 is 47.5 Å². The number of carbonyl (C=O) groups excluding carboxylic acids is 2. The van der Waals surface area contributed by atoms with E-state index in [4.69, 9.17) is 4.74 Å². The fraction of sp³-hybridized carbons (Fsp3) is 0.556. The van der Waals surface area contributed by atoms with Crippen molar-refractivity contribution in [1.29, 1.82) is 0 Å². The van der Waals surface area contributed by atoms with Crippen LogP contribution in [0.4, 0.5) is 0 Å². The van der Waals surface area contributed by atoms with Crippen molar-refractivity contribution >= 4 is 23.9 Å². The highest BCUT2D eigenvalue weighted by molar-refractivity contribution is 5.91. The zero-order chi connectivity index (χ0) is 19.6. The first-order chi connectivity index (χ1) is 11.7. The van der Waals surface area contributed by atoms with Gasteiger partial charge < -0.3 is 14.9 Å². The van der Waals surface area contributed by atoms with Crippen LogP contribution in [0.5, 0.6) is 0 Å². The largest absolute Gasteiger partial charge is 0.481 e. The number of hydrogen-bond acceptors (Lipinski definition) is 5. The van der Waals surface area contributed by atoms with Crippen LogP contribution in [0.15, 0.2) is 24.3 Å². The number of aliphatic carboxylic acids is 2. The van der Waals surface area contributed by atoms with Crippen molar-refractivity contribution < 1.29 is 34.1 Å². The molecule has 7 heteroatoms. The van der Waals surface area contributed by atoms with Gasteiger partial charge in [-0.1, -0.05) is 38.2 Å².